The third kappa shape index (κ3) is 3.42. The summed E-state index contributed by atoms with van der Waals surface area (Å²) in [7, 11) is 0. The molecule has 1 N–H and O–H groups in total. The first-order chi connectivity index (χ1) is 8.45. The molecule has 1 aromatic rings. The van der Waals surface area contributed by atoms with Crippen molar-refractivity contribution in [3.05, 3.63) is 40.9 Å². The van der Waals surface area contributed by atoms with Crippen molar-refractivity contribution < 1.29 is 13.2 Å². The van der Waals surface area contributed by atoms with E-state index in [1.807, 2.05) is 12.2 Å². The van der Waals surface area contributed by atoms with Gasteiger partial charge < -0.3 is 5.32 Å². The van der Waals surface area contributed by atoms with Crippen LogP contribution in [0.15, 0.2) is 30.4 Å². The SMILES string of the molecule is FC(F)(F)c1cc(Cl)cc(NC2C=CCCC2)c1. The summed E-state index contributed by atoms with van der Waals surface area (Å²) in [6.07, 6.45) is 2.64. The van der Waals surface area contributed by atoms with E-state index >= 15 is 0 Å². The maximum Gasteiger partial charge on any atom is 0.416 e. The van der Waals surface area contributed by atoms with Crippen molar-refractivity contribution in [2.24, 2.45) is 0 Å². The first-order valence-corrected chi connectivity index (χ1v) is 6.14. The molecule has 0 saturated heterocycles. The highest BCUT2D eigenvalue weighted by molar-refractivity contribution is 6.30. The van der Waals surface area contributed by atoms with Crippen LogP contribution < -0.4 is 5.32 Å². The van der Waals surface area contributed by atoms with E-state index in [1.54, 1.807) is 0 Å². The number of hydrogen-bond donors (Lipinski definition) is 1. The number of rotatable bonds is 2. The maximum atomic E-state index is 12.6. The number of nitrogens with one attached hydrogen (secondary N) is 1. The summed E-state index contributed by atoms with van der Waals surface area (Å²) in [6.45, 7) is 0. The van der Waals surface area contributed by atoms with E-state index in [4.69, 9.17) is 11.6 Å². The van der Waals surface area contributed by atoms with Gasteiger partial charge in [-0.15, -0.1) is 0 Å². The van der Waals surface area contributed by atoms with Gasteiger partial charge in [-0.3, -0.25) is 0 Å². The third-order valence-electron chi connectivity index (χ3n) is 2.83. The molecule has 0 aromatic heterocycles. The van der Waals surface area contributed by atoms with E-state index in [0.29, 0.717) is 5.69 Å². The van der Waals surface area contributed by atoms with Gasteiger partial charge in [0.15, 0.2) is 0 Å². The normalized spacial score (nSPS) is 19.9. The van der Waals surface area contributed by atoms with Gasteiger partial charge in [0.05, 0.1) is 5.56 Å². The Morgan fingerprint density at radius 1 is 1.22 bits per heavy atom. The van der Waals surface area contributed by atoms with E-state index in [0.717, 1.165) is 31.4 Å². The molecule has 0 heterocycles. The van der Waals surface area contributed by atoms with E-state index in [-0.39, 0.29) is 11.1 Å². The van der Waals surface area contributed by atoms with Crippen molar-refractivity contribution in [3.8, 4) is 0 Å². The average Bonchev–Trinajstić information content (AvgIpc) is 2.28. The topological polar surface area (TPSA) is 12.0 Å². The minimum atomic E-state index is -4.37. The van der Waals surface area contributed by atoms with Crippen molar-refractivity contribution in [2.75, 3.05) is 5.32 Å². The Kier molecular flexibility index (Phi) is 3.85. The van der Waals surface area contributed by atoms with Gasteiger partial charge in [0.25, 0.3) is 0 Å². The van der Waals surface area contributed by atoms with E-state index in [2.05, 4.69) is 5.32 Å². The van der Waals surface area contributed by atoms with Gasteiger partial charge in [-0.05, 0) is 37.5 Å². The molecule has 0 saturated carbocycles. The molecule has 98 valence electrons. The summed E-state index contributed by atoms with van der Waals surface area (Å²) in [4.78, 5) is 0. The lowest BCUT2D eigenvalue weighted by molar-refractivity contribution is -0.137. The number of benzene rings is 1. The second-order valence-corrected chi connectivity index (χ2v) is 4.77. The molecule has 1 nitrogen and oxygen atoms in total. The van der Waals surface area contributed by atoms with Crippen LogP contribution in [0.5, 0.6) is 0 Å². The second kappa shape index (κ2) is 5.22. The highest BCUT2D eigenvalue weighted by Gasteiger charge is 2.31. The zero-order valence-corrected chi connectivity index (χ0v) is 10.4. The van der Waals surface area contributed by atoms with Crippen LogP contribution in [-0.2, 0) is 6.18 Å². The van der Waals surface area contributed by atoms with Crippen LogP contribution in [0.1, 0.15) is 24.8 Å². The van der Waals surface area contributed by atoms with Gasteiger partial charge in [-0.2, -0.15) is 13.2 Å². The quantitative estimate of drug-likeness (QED) is 0.759. The Morgan fingerprint density at radius 3 is 2.61 bits per heavy atom. The predicted molar refractivity (Wildman–Crippen MR) is 66.9 cm³/mol. The smallest absolute Gasteiger partial charge is 0.379 e. The first-order valence-electron chi connectivity index (χ1n) is 5.76. The number of alkyl halides is 3. The summed E-state index contributed by atoms with van der Waals surface area (Å²) in [5, 5.41) is 3.15. The minimum Gasteiger partial charge on any atom is -0.379 e. The van der Waals surface area contributed by atoms with E-state index in [9.17, 15) is 13.2 Å². The molecule has 1 aliphatic rings. The Labute approximate surface area is 109 Å². The van der Waals surface area contributed by atoms with Crippen molar-refractivity contribution in [1.82, 2.24) is 0 Å². The van der Waals surface area contributed by atoms with Crippen molar-refractivity contribution in [2.45, 2.75) is 31.5 Å². The Morgan fingerprint density at radius 2 is 2.00 bits per heavy atom. The Hall–Kier alpha value is -1.16. The number of anilines is 1. The molecule has 0 spiro atoms. The summed E-state index contributed by atoms with van der Waals surface area (Å²) >= 11 is 5.72. The lowest BCUT2D eigenvalue weighted by Crippen LogP contribution is -2.19. The van der Waals surface area contributed by atoms with Crippen LogP contribution in [0.2, 0.25) is 5.02 Å². The molecule has 0 bridgehead atoms. The fourth-order valence-corrected chi connectivity index (χ4v) is 2.22. The molecule has 1 aromatic carbocycles. The molecule has 5 heteroatoms. The van der Waals surface area contributed by atoms with Gasteiger partial charge >= 0.3 is 6.18 Å². The fraction of sp³-hybridized carbons (Fsp3) is 0.385. The second-order valence-electron chi connectivity index (χ2n) is 4.34. The molecule has 18 heavy (non-hydrogen) atoms. The predicted octanol–water partition coefficient (Wildman–Crippen LogP) is 4.88. The molecule has 0 amide bonds. The van der Waals surface area contributed by atoms with Gasteiger partial charge in [-0.25, -0.2) is 0 Å². The molecule has 1 atom stereocenters. The lowest BCUT2D eigenvalue weighted by Gasteiger charge is -2.20. The van der Waals surface area contributed by atoms with Crippen molar-refractivity contribution in [1.29, 1.82) is 0 Å². The van der Waals surface area contributed by atoms with Gasteiger partial charge in [0.2, 0.25) is 0 Å². The Balaban J connectivity index is 2.20. The zero-order valence-electron chi connectivity index (χ0n) is 9.60. The standard InChI is InChI=1S/C13H13ClF3N/c14-10-6-9(13(15,16)17)7-12(8-10)18-11-4-2-1-3-5-11/h2,4,6-8,11,18H,1,3,5H2. The molecule has 0 fully saturated rings. The van der Waals surface area contributed by atoms with Crippen LogP contribution in [0.4, 0.5) is 18.9 Å². The molecule has 1 aliphatic carbocycles. The molecular formula is C13H13ClF3N. The molecule has 0 aliphatic heterocycles. The van der Waals surface area contributed by atoms with Gasteiger partial charge in [-0.1, -0.05) is 23.8 Å². The first kappa shape index (κ1) is 13.3. The number of hydrogen-bond acceptors (Lipinski definition) is 1. The summed E-state index contributed by atoms with van der Waals surface area (Å²) in [5.41, 5.74) is -0.316. The third-order valence-corrected chi connectivity index (χ3v) is 3.05. The minimum absolute atomic E-state index is 0.0818. The lowest BCUT2D eigenvalue weighted by atomic mass is 10.0. The van der Waals surface area contributed by atoms with E-state index in [1.165, 1.54) is 6.07 Å². The number of allylic oxidation sites excluding steroid dienone is 1. The summed E-state index contributed by atoms with van der Waals surface area (Å²) in [6, 6.07) is 3.62. The zero-order chi connectivity index (χ0) is 13.2. The van der Waals surface area contributed by atoms with Crippen molar-refractivity contribution in [3.63, 3.8) is 0 Å². The average molecular weight is 276 g/mol. The van der Waals surface area contributed by atoms with Crippen LogP contribution in [-0.4, -0.2) is 6.04 Å². The van der Waals surface area contributed by atoms with Crippen molar-refractivity contribution >= 4 is 17.3 Å². The van der Waals surface area contributed by atoms with Crippen LogP contribution in [0, 0.1) is 0 Å². The van der Waals surface area contributed by atoms with Crippen LogP contribution in [0.3, 0.4) is 0 Å². The maximum absolute atomic E-state index is 12.6. The highest BCUT2D eigenvalue weighted by Crippen LogP contribution is 2.33. The molecule has 2 rings (SSSR count). The Bertz CT molecular complexity index is 454. The number of halogens is 4. The highest BCUT2D eigenvalue weighted by atomic mass is 35.5. The fourth-order valence-electron chi connectivity index (χ4n) is 1.98. The summed E-state index contributed by atoms with van der Waals surface area (Å²) < 4.78 is 37.9. The molecular weight excluding hydrogens is 263 g/mol. The molecule has 1 unspecified atom stereocenters. The largest absolute Gasteiger partial charge is 0.416 e. The van der Waals surface area contributed by atoms with Gasteiger partial charge in [0.1, 0.15) is 0 Å². The molecule has 0 radical (unpaired) electrons. The van der Waals surface area contributed by atoms with Crippen LogP contribution >= 0.6 is 11.6 Å². The van der Waals surface area contributed by atoms with Gasteiger partial charge in [0, 0.05) is 16.8 Å². The monoisotopic (exact) mass is 275 g/mol. The van der Waals surface area contributed by atoms with E-state index < -0.39 is 11.7 Å². The summed E-state index contributed by atoms with van der Waals surface area (Å²) in [5.74, 6) is 0. The van der Waals surface area contributed by atoms with Crippen LogP contribution in [0.25, 0.3) is 0 Å².